The van der Waals surface area contributed by atoms with Crippen LogP contribution in [0.15, 0.2) is 72.9 Å². The minimum absolute atomic E-state index is 0.371. The van der Waals surface area contributed by atoms with Crippen molar-refractivity contribution in [3.05, 3.63) is 94.8 Å². The van der Waals surface area contributed by atoms with Crippen LogP contribution < -0.4 is 0 Å². The second-order valence-electron chi connectivity index (χ2n) is 6.21. The molecule has 4 aromatic rings. The number of methoxy groups -OCH3 is 1. The fourth-order valence-electron chi connectivity index (χ4n) is 3.13. The number of benzene rings is 2. The number of rotatable bonds is 4. The van der Waals surface area contributed by atoms with Gasteiger partial charge in [-0.1, -0.05) is 54.1 Å². The topological polar surface area (TPSA) is 43.6 Å². The van der Waals surface area contributed by atoms with Gasteiger partial charge in [0.15, 0.2) is 0 Å². The van der Waals surface area contributed by atoms with Crippen molar-refractivity contribution in [1.29, 1.82) is 0 Å². The zero-order valence-electron chi connectivity index (χ0n) is 14.7. The number of nitrogens with zero attached hydrogens (tertiary/aromatic N) is 2. The standard InChI is InChI=1S/C22H17ClN2O2/c1-27-22(26)17-9-12-20-24-21(16-7-10-18(23)11-8-16)19(25(20)14-17)13-15-5-3-2-4-6-15/h2-12,14H,13H2,1H3. The third kappa shape index (κ3) is 3.44. The van der Waals surface area contributed by atoms with Crippen LogP contribution in [0.2, 0.25) is 5.02 Å². The fraction of sp³-hybridized carbons (Fsp3) is 0.0909. The van der Waals surface area contributed by atoms with Crippen molar-refractivity contribution >= 4 is 23.2 Å². The molecule has 2 heterocycles. The highest BCUT2D eigenvalue weighted by Crippen LogP contribution is 2.28. The Morgan fingerprint density at radius 1 is 1.04 bits per heavy atom. The van der Waals surface area contributed by atoms with Gasteiger partial charge < -0.3 is 9.14 Å². The maximum Gasteiger partial charge on any atom is 0.339 e. The van der Waals surface area contributed by atoms with E-state index in [4.69, 9.17) is 21.3 Å². The number of ether oxygens (including phenoxy) is 1. The Kier molecular flexibility index (Phi) is 4.65. The first kappa shape index (κ1) is 17.3. The number of carbonyl (C=O) groups excluding carboxylic acids is 1. The van der Waals surface area contributed by atoms with Crippen LogP contribution in [-0.2, 0) is 11.2 Å². The molecule has 134 valence electrons. The summed E-state index contributed by atoms with van der Waals surface area (Å²) >= 11 is 6.04. The third-order valence-electron chi connectivity index (χ3n) is 4.47. The SMILES string of the molecule is COC(=O)c1ccc2nc(-c3ccc(Cl)cc3)c(Cc3ccccc3)n2c1. The van der Waals surface area contributed by atoms with Gasteiger partial charge >= 0.3 is 5.97 Å². The summed E-state index contributed by atoms with van der Waals surface area (Å²) in [6.07, 6.45) is 2.47. The van der Waals surface area contributed by atoms with Crippen LogP contribution in [0.1, 0.15) is 21.6 Å². The molecule has 4 rings (SSSR count). The lowest BCUT2D eigenvalue weighted by molar-refractivity contribution is 0.0600. The number of hydrogen-bond donors (Lipinski definition) is 0. The van der Waals surface area contributed by atoms with Gasteiger partial charge in [0.2, 0.25) is 0 Å². The van der Waals surface area contributed by atoms with Gasteiger partial charge in [-0.15, -0.1) is 0 Å². The predicted octanol–water partition coefficient (Wildman–Crippen LogP) is 5.03. The maximum atomic E-state index is 12.0. The summed E-state index contributed by atoms with van der Waals surface area (Å²) in [5.41, 5.74) is 5.28. The Morgan fingerprint density at radius 2 is 1.78 bits per heavy atom. The monoisotopic (exact) mass is 376 g/mol. The Bertz CT molecular complexity index is 1100. The number of carbonyl (C=O) groups is 1. The fourth-order valence-corrected chi connectivity index (χ4v) is 3.25. The Balaban J connectivity index is 1.91. The minimum Gasteiger partial charge on any atom is -0.465 e. The van der Waals surface area contributed by atoms with Crippen LogP contribution in [0, 0.1) is 0 Å². The molecule has 0 aliphatic heterocycles. The van der Waals surface area contributed by atoms with E-state index in [1.165, 1.54) is 7.11 Å². The molecule has 5 heteroatoms. The molecule has 0 radical (unpaired) electrons. The van der Waals surface area contributed by atoms with Gasteiger partial charge in [0.1, 0.15) is 5.65 Å². The molecule has 4 nitrogen and oxygen atoms in total. The van der Waals surface area contributed by atoms with Gasteiger partial charge in [-0.25, -0.2) is 9.78 Å². The molecule has 0 unspecified atom stereocenters. The lowest BCUT2D eigenvalue weighted by Gasteiger charge is -2.07. The highest BCUT2D eigenvalue weighted by Gasteiger charge is 2.16. The van der Waals surface area contributed by atoms with Crippen LogP contribution in [0.5, 0.6) is 0 Å². The predicted molar refractivity (Wildman–Crippen MR) is 106 cm³/mol. The number of esters is 1. The van der Waals surface area contributed by atoms with Crippen molar-refractivity contribution in [3.8, 4) is 11.3 Å². The van der Waals surface area contributed by atoms with E-state index in [-0.39, 0.29) is 5.97 Å². The molecule has 0 bridgehead atoms. The van der Waals surface area contributed by atoms with E-state index < -0.39 is 0 Å². The van der Waals surface area contributed by atoms with E-state index >= 15 is 0 Å². The first-order chi connectivity index (χ1) is 13.2. The lowest BCUT2D eigenvalue weighted by atomic mass is 10.0. The first-order valence-electron chi connectivity index (χ1n) is 8.55. The van der Waals surface area contributed by atoms with Crippen molar-refractivity contribution in [2.45, 2.75) is 6.42 Å². The normalized spacial score (nSPS) is 10.9. The van der Waals surface area contributed by atoms with E-state index in [2.05, 4.69) is 12.1 Å². The Hall–Kier alpha value is -3.11. The molecule has 0 saturated heterocycles. The second-order valence-corrected chi connectivity index (χ2v) is 6.65. The smallest absolute Gasteiger partial charge is 0.339 e. The zero-order valence-corrected chi connectivity index (χ0v) is 15.5. The highest BCUT2D eigenvalue weighted by molar-refractivity contribution is 6.30. The van der Waals surface area contributed by atoms with Crippen LogP contribution in [0.4, 0.5) is 0 Å². The molecule has 0 aliphatic carbocycles. The first-order valence-corrected chi connectivity index (χ1v) is 8.92. The molecule has 27 heavy (non-hydrogen) atoms. The summed E-state index contributed by atoms with van der Waals surface area (Å²) in [7, 11) is 1.38. The average Bonchev–Trinajstić information content (AvgIpc) is 3.06. The van der Waals surface area contributed by atoms with E-state index in [0.29, 0.717) is 17.0 Å². The van der Waals surface area contributed by atoms with Gasteiger partial charge in [0.05, 0.1) is 24.1 Å². The van der Waals surface area contributed by atoms with Crippen molar-refractivity contribution < 1.29 is 9.53 Å². The van der Waals surface area contributed by atoms with Crippen molar-refractivity contribution in [3.63, 3.8) is 0 Å². The average molecular weight is 377 g/mol. The number of halogens is 1. The summed E-state index contributed by atoms with van der Waals surface area (Å²) in [6.45, 7) is 0. The largest absolute Gasteiger partial charge is 0.465 e. The van der Waals surface area contributed by atoms with E-state index in [1.54, 1.807) is 12.3 Å². The zero-order chi connectivity index (χ0) is 18.8. The third-order valence-corrected chi connectivity index (χ3v) is 4.72. The molecule has 2 aromatic heterocycles. The molecule has 0 N–H and O–H groups in total. The molecule has 0 saturated carbocycles. The number of hydrogen-bond acceptors (Lipinski definition) is 3. The van der Waals surface area contributed by atoms with E-state index in [0.717, 1.165) is 28.2 Å². The molecule has 0 fully saturated rings. The Labute approximate surface area is 162 Å². The summed E-state index contributed by atoms with van der Waals surface area (Å²) < 4.78 is 6.82. The molecular weight excluding hydrogens is 360 g/mol. The van der Waals surface area contributed by atoms with Crippen LogP contribution in [-0.4, -0.2) is 22.5 Å². The van der Waals surface area contributed by atoms with E-state index in [1.807, 2.05) is 52.9 Å². The van der Waals surface area contributed by atoms with Gasteiger partial charge in [-0.2, -0.15) is 0 Å². The number of imidazole rings is 1. The van der Waals surface area contributed by atoms with Crippen molar-refractivity contribution in [2.24, 2.45) is 0 Å². The maximum absolute atomic E-state index is 12.0. The molecule has 0 atom stereocenters. The van der Waals surface area contributed by atoms with Crippen LogP contribution in [0.25, 0.3) is 16.9 Å². The molecule has 2 aromatic carbocycles. The summed E-state index contributed by atoms with van der Waals surface area (Å²) in [5.74, 6) is -0.371. The van der Waals surface area contributed by atoms with E-state index in [9.17, 15) is 4.79 Å². The van der Waals surface area contributed by atoms with Crippen LogP contribution in [0.3, 0.4) is 0 Å². The van der Waals surface area contributed by atoms with Crippen LogP contribution >= 0.6 is 11.6 Å². The number of aromatic nitrogens is 2. The number of fused-ring (bicyclic) bond motifs is 1. The molecule has 0 aliphatic rings. The van der Waals surface area contributed by atoms with Crippen molar-refractivity contribution in [1.82, 2.24) is 9.38 Å². The summed E-state index contributed by atoms with van der Waals surface area (Å²) in [4.78, 5) is 16.8. The van der Waals surface area contributed by atoms with Crippen molar-refractivity contribution in [2.75, 3.05) is 7.11 Å². The lowest BCUT2D eigenvalue weighted by Crippen LogP contribution is -2.04. The molecule has 0 amide bonds. The van der Waals surface area contributed by atoms with Gasteiger partial charge in [0.25, 0.3) is 0 Å². The number of pyridine rings is 1. The molecular formula is C22H17ClN2O2. The van der Waals surface area contributed by atoms with Gasteiger partial charge in [-0.05, 0) is 29.8 Å². The quantitative estimate of drug-likeness (QED) is 0.469. The van der Waals surface area contributed by atoms with Gasteiger partial charge in [-0.3, -0.25) is 0 Å². The highest BCUT2D eigenvalue weighted by atomic mass is 35.5. The summed E-state index contributed by atoms with van der Waals surface area (Å²) in [6, 6.07) is 21.4. The Morgan fingerprint density at radius 3 is 2.48 bits per heavy atom. The molecule has 0 spiro atoms. The summed E-state index contributed by atoms with van der Waals surface area (Å²) in [5, 5.41) is 0.681. The van der Waals surface area contributed by atoms with Gasteiger partial charge in [0, 0.05) is 23.2 Å². The second kappa shape index (κ2) is 7.25. The minimum atomic E-state index is -0.371.